The van der Waals surface area contributed by atoms with Gasteiger partial charge in [0.2, 0.25) is 5.91 Å². The Morgan fingerprint density at radius 2 is 1.70 bits per heavy atom. The number of nitrogens with zero attached hydrogens (tertiary/aromatic N) is 1. The monoisotopic (exact) mass is 506 g/mol. The summed E-state index contributed by atoms with van der Waals surface area (Å²) in [4.78, 5) is 27.9. The predicted octanol–water partition coefficient (Wildman–Crippen LogP) is 4.78. The molecular formula is C27H27BrN2O3. The summed E-state index contributed by atoms with van der Waals surface area (Å²) in [6.07, 6.45) is 1.96. The fourth-order valence-electron chi connectivity index (χ4n) is 3.99. The zero-order valence-corrected chi connectivity index (χ0v) is 20.0. The van der Waals surface area contributed by atoms with Crippen LogP contribution >= 0.6 is 15.9 Å². The van der Waals surface area contributed by atoms with Crippen LogP contribution in [0.4, 0.5) is 0 Å². The molecule has 0 aromatic heterocycles. The highest BCUT2D eigenvalue weighted by Crippen LogP contribution is 2.21. The number of aryl methyl sites for hydroxylation is 1. The van der Waals surface area contributed by atoms with Crippen LogP contribution in [-0.2, 0) is 24.2 Å². The van der Waals surface area contributed by atoms with E-state index in [1.54, 1.807) is 12.1 Å². The van der Waals surface area contributed by atoms with Crippen molar-refractivity contribution in [2.75, 3.05) is 19.7 Å². The molecule has 0 saturated heterocycles. The summed E-state index contributed by atoms with van der Waals surface area (Å²) in [5.74, 6) is 0.432. The number of amides is 2. The van der Waals surface area contributed by atoms with E-state index in [0.29, 0.717) is 44.0 Å². The third-order valence-corrected chi connectivity index (χ3v) is 6.56. The Labute approximate surface area is 202 Å². The van der Waals surface area contributed by atoms with Gasteiger partial charge < -0.3 is 15.0 Å². The van der Waals surface area contributed by atoms with Gasteiger partial charge in [-0.05, 0) is 47.7 Å². The average Bonchev–Trinajstić information content (AvgIpc) is 2.83. The minimum atomic E-state index is -0.141. The quantitative estimate of drug-likeness (QED) is 0.544. The maximum absolute atomic E-state index is 13.4. The van der Waals surface area contributed by atoms with Crippen LogP contribution in [0.3, 0.4) is 0 Å². The van der Waals surface area contributed by atoms with Gasteiger partial charge in [0.25, 0.3) is 5.91 Å². The van der Waals surface area contributed by atoms with Gasteiger partial charge in [-0.3, -0.25) is 9.59 Å². The summed E-state index contributed by atoms with van der Waals surface area (Å²) in [7, 11) is 0. The number of hydrogen-bond acceptors (Lipinski definition) is 3. The van der Waals surface area contributed by atoms with Crippen molar-refractivity contribution in [3.63, 3.8) is 0 Å². The average molecular weight is 507 g/mol. The number of carbonyl (C=O) groups excluding carboxylic acids is 2. The molecule has 4 rings (SSSR count). The van der Waals surface area contributed by atoms with Crippen molar-refractivity contribution in [2.24, 2.45) is 0 Å². The Hall–Kier alpha value is -3.12. The molecule has 2 amide bonds. The molecule has 170 valence electrons. The first-order valence-corrected chi connectivity index (χ1v) is 12.0. The lowest BCUT2D eigenvalue weighted by atomic mass is 10.0. The number of rotatable bonds is 2. The molecular weight excluding hydrogens is 480 g/mol. The van der Waals surface area contributed by atoms with Gasteiger partial charge in [0.05, 0.1) is 18.5 Å². The molecule has 5 nitrogen and oxygen atoms in total. The minimum absolute atomic E-state index is 0.0402. The summed E-state index contributed by atoms with van der Waals surface area (Å²) in [5, 5.41) is 3.00. The normalized spacial score (nSPS) is 14.8. The van der Waals surface area contributed by atoms with Crippen LogP contribution in [0.1, 0.15) is 33.5 Å². The number of benzene rings is 3. The second-order valence-corrected chi connectivity index (χ2v) is 8.91. The zero-order valence-electron chi connectivity index (χ0n) is 18.4. The smallest absolute Gasteiger partial charge is 0.255 e. The van der Waals surface area contributed by atoms with E-state index in [9.17, 15) is 9.59 Å². The Bertz CT molecular complexity index is 1130. The van der Waals surface area contributed by atoms with Gasteiger partial charge in [-0.15, -0.1) is 0 Å². The van der Waals surface area contributed by atoms with Crippen LogP contribution < -0.4 is 10.1 Å². The molecule has 3 aromatic rings. The van der Waals surface area contributed by atoms with Crippen molar-refractivity contribution < 1.29 is 14.3 Å². The van der Waals surface area contributed by atoms with E-state index >= 15 is 0 Å². The third kappa shape index (κ3) is 6.02. The molecule has 0 fully saturated rings. The lowest BCUT2D eigenvalue weighted by Gasteiger charge is -2.25. The van der Waals surface area contributed by atoms with Crippen LogP contribution in [0.15, 0.2) is 77.3 Å². The van der Waals surface area contributed by atoms with Gasteiger partial charge in [-0.25, -0.2) is 0 Å². The number of halogens is 1. The first-order valence-electron chi connectivity index (χ1n) is 11.2. The molecule has 0 unspecified atom stereocenters. The first-order chi connectivity index (χ1) is 16.1. The van der Waals surface area contributed by atoms with Gasteiger partial charge >= 0.3 is 0 Å². The van der Waals surface area contributed by atoms with Gasteiger partial charge in [0, 0.05) is 17.6 Å². The Morgan fingerprint density at radius 1 is 0.970 bits per heavy atom. The van der Waals surface area contributed by atoms with Gasteiger partial charge in [0.1, 0.15) is 12.4 Å². The highest BCUT2D eigenvalue weighted by atomic mass is 79.9. The number of carbonyl (C=O) groups is 2. The molecule has 0 aliphatic carbocycles. The lowest BCUT2D eigenvalue weighted by Crippen LogP contribution is -2.36. The maximum Gasteiger partial charge on any atom is 0.255 e. The summed E-state index contributed by atoms with van der Waals surface area (Å²) in [6, 6.07) is 23.2. The number of hydrogen-bond donors (Lipinski definition) is 1. The van der Waals surface area contributed by atoms with Crippen LogP contribution in [0.2, 0.25) is 0 Å². The standard InChI is InChI=1S/C27H27BrN2O3/c28-24-13-5-3-9-21(24)18-26(31)30-16-17-33-25-14-6-4-12-23(25)27(32)29-15-7-11-20-8-1-2-10-22(20)19-30/h1-6,8-10,12-14H,7,11,15-19H2,(H,29,32). The summed E-state index contributed by atoms with van der Waals surface area (Å²) < 4.78 is 6.91. The molecule has 0 radical (unpaired) electrons. The van der Waals surface area contributed by atoms with E-state index in [1.807, 2.05) is 53.4 Å². The molecule has 0 saturated carbocycles. The van der Waals surface area contributed by atoms with E-state index in [-0.39, 0.29) is 11.8 Å². The first kappa shape index (κ1) is 23.1. The van der Waals surface area contributed by atoms with Gasteiger partial charge in [-0.1, -0.05) is 70.5 Å². The second kappa shape index (κ2) is 11.1. The van der Waals surface area contributed by atoms with Crippen molar-refractivity contribution in [1.82, 2.24) is 10.2 Å². The van der Waals surface area contributed by atoms with Crippen LogP contribution in [-0.4, -0.2) is 36.4 Å². The number of nitrogens with one attached hydrogen (secondary N) is 1. The predicted molar refractivity (Wildman–Crippen MR) is 132 cm³/mol. The van der Waals surface area contributed by atoms with Crippen LogP contribution in [0, 0.1) is 0 Å². The van der Waals surface area contributed by atoms with E-state index in [1.165, 1.54) is 5.56 Å². The summed E-state index contributed by atoms with van der Waals surface area (Å²) >= 11 is 3.55. The van der Waals surface area contributed by atoms with Crippen molar-refractivity contribution in [3.8, 4) is 5.75 Å². The molecule has 0 spiro atoms. The molecule has 1 aliphatic heterocycles. The zero-order chi connectivity index (χ0) is 23.0. The number of ether oxygens (including phenoxy) is 1. The van der Waals surface area contributed by atoms with Crippen molar-refractivity contribution in [2.45, 2.75) is 25.8 Å². The van der Waals surface area contributed by atoms with Crippen LogP contribution in [0.5, 0.6) is 5.75 Å². The van der Waals surface area contributed by atoms with Crippen molar-refractivity contribution in [1.29, 1.82) is 0 Å². The number of para-hydroxylation sites is 1. The van der Waals surface area contributed by atoms with E-state index in [0.717, 1.165) is 28.4 Å². The maximum atomic E-state index is 13.4. The molecule has 1 heterocycles. The molecule has 0 bridgehead atoms. The fraction of sp³-hybridized carbons (Fsp3) is 0.259. The Morgan fingerprint density at radius 3 is 2.55 bits per heavy atom. The van der Waals surface area contributed by atoms with E-state index in [2.05, 4.69) is 33.4 Å². The second-order valence-electron chi connectivity index (χ2n) is 8.06. The van der Waals surface area contributed by atoms with Gasteiger partial charge in [-0.2, -0.15) is 0 Å². The number of fused-ring (bicyclic) bond motifs is 2. The molecule has 6 heteroatoms. The molecule has 1 N–H and O–H groups in total. The highest BCUT2D eigenvalue weighted by Gasteiger charge is 2.19. The Balaban J connectivity index is 1.59. The molecule has 33 heavy (non-hydrogen) atoms. The molecule has 0 atom stereocenters. The summed E-state index contributed by atoms with van der Waals surface area (Å²) in [6.45, 7) is 1.82. The molecule has 1 aliphatic rings. The van der Waals surface area contributed by atoms with E-state index < -0.39 is 0 Å². The highest BCUT2D eigenvalue weighted by molar-refractivity contribution is 9.10. The van der Waals surface area contributed by atoms with Crippen LogP contribution in [0.25, 0.3) is 0 Å². The molecule has 3 aromatic carbocycles. The van der Waals surface area contributed by atoms with Crippen molar-refractivity contribution >= 4 is 27.7 Å². The third-order valence-electron chi connectivity index (χ3n) is 5.79. The lowest BCUT2D eigenvalue weighted by molar-refractivity contribution is -0.131. The van der Waals surface area contributed by atoms with Crippen molar-refractivity contribution in [3.05, 3.63) is 99.5 Å². The largest absolute Gasteiger partial charge is 0.491 e. The van der Waals surface area contributed by atoms with E-state index in [4.69, 9.17) is 4.74 Å². The minimum Gasteiger partial charge on any atom is -0.491 e. The Kier molecular flexibility index (Phi) is 7.79. The fourth-order valence-corrected chi connectivity index (χ4v) is 4.42. The SMILES string of the molecule is O=C1NCCCc2ccccc2CN(C(=O)Cc2ccccc2Br)CCOc2ccccc21. The van der Waals surface area contributed by atoms with Gasteiger partial charge in [0.15, 0.2) is 0 Å². The topological polar surface area (TPSA) is 58.6 Å². The summed E-state index contributed by atoms with van der Waals surface area (Å²) in [5.41, 5.74) is 3.80.